The molecule has 29 heavy (non-hydrogen) atoms. The van der Waals surface area contributed by atoms with Crippen molar-refractivity contribution in [1.29, 1.82) is 0 Å². The highest BCUT2D eigenvalue weighted by Crippen LogP contribution is 2.23. The predicted octanol–water partition coefficient (Wildman–Crippen LogP) is 3.47. The molecule has 1 aliphatic heterocycles. The van der Waals surface area contributed by atoms with Gasteiger partial charge >= 0.3 is 0 Å². The van der Waals surface area contributed by atoms with E-state index in [1.807, 2.05) is 54.6 Å². The Balaban J connectivity index is 1.33. The zero-order valence-corrected chi connectivity index (χ0v) is 15.8. The zero-order chi connectivity index (χ0) is 20.2. The molecular formula is C24H21NO4. The van der Waals surface area contributed by atoms with Gasteiger partial charge in [-0.3, -0.25) is 14.5 Å². The average molecular weight is 387 g/mol. The Kier molecular flexibility index (Phi) is 5.40. The maximum atomic E-state index is 12.4. The molecule has 0 aliphatic carbocycles. The summed E-state index contributed by atoms with van der Waals surface area (Å²) in [4.78, 5) is 25.9. The number of benzene rings is 3. The van der Waals surface area contributed by atoms with Gasteiger partial charge < -0.3 is 9.84 Å². The van der Waals surface area contributed by atoms with Crippen molar-refractivity contribution < 1.29 is 19.4 Å². The van der Waals surface area contributed by atoms with Gasteiger partial charge in [0.2, 0.25) is 0 Å². The van der Waals surface area contributed by atoms with E-state index < -0.39 is 6.10 Å². The number of aliphatic hydroxyl groups excluding tert-OH is 1. The summed E-state index contributed by atoms with van der Waals surface area (Å²) in [6.07, 6.45) is -0.500. The predicted molar refractivity (Wildman–Crippen MR) is 109 cm³/mol. The molecular weight excluding hydrogens is 366 g/mol. The van der Waals surface area contributed by atoms with Crippen LogP contribution in [0.15, 0.2) is 78.9 Å². The fourth-order valence-corrected chi connectivity index (χ4v) is 3.41. The standard InChI is InChI=1S/C24H21NO4/c26-19(15-25-23(27)21-8-4-5-9-22(21)24(25)28)14-17-10-12-20(13-11-17)29-16-18-6-2-1-3-7-18/h1-13,19,26H,14-16H2. The third-order valence-electron chi connectivity index (χ3n) is 4.91. The summed E-state index contributed by atoms with van der Waals surface area (Å²) in [5.74, 6) is 0.0380. The van der Waals surface area contributed by atoms with Crippen molar-refractivity contribution in [3.63, 3.8) is 0 Å². The molecule has 1 N–H and O–H groups in total. The molecule has 0 fully saturated rings. The monoisotopic (exact) mass is 387 g/mol. The molecule has 5 nitrogen and oxygen atoms in total. The highest BCUT2D eigenvalue weighted by molar-refractivity contribution is 6.21. The van der Waals surface area contributed by atoms with Gasteiger partial charge in [0.1, 0.15) is 12.4 Å². The number of fused-ring (bicyclic) bond motifs is 1. The van der Waals surface area contributed by atoms with Crippen LogP contribution in [0, 0.1) is 0 Å². The minimum Gasteiger partial charge on any atom is -0.489 e. The maximum Gasteiger partial charge on any atom is 0.261 e. The normalized spacial score (nSPS) is 14.0. The fraction of sp³-hybridized carbons (Fsp3) is 0.167. The number of ether oxygens (including phenoxy) is 1. The molecule has 0 aromatic heterocycles. The second-order valence-electron chi connectivity index (χ2n) is 7.04. The Morgan fingerprint density at radius 1 is 0.759 bits per heavy atom. The molecule has 0 saturated carbocycles. The molecule has 0 radical (unpaired) electrons. The molecule has 0 saturated heterocycles. The van der Waals surface area contributed by atoms with E-state index in [1.54, 1.807) is 24.3 Å². The minimum atomic E-state index is -0.840. The van der Waals surface area contributed by atoms with Gasteiger partial charge in [0, 0.05) is 6.42 Å². The topological polar surface area (TPSA) is 66.8 Å². The first-order chi connectivity index (χ1) is 14.1. The first-order valence-electron chi connectivity index (χ1n) is 9.51. The lowest BCUT2D eigenvalue weighted by Gasteiger charge is -2.18. The largest absolute Gasteiger partial charge is 0.489 e. The molecule has 2 amide bonds. The molecule has 0 bridgehead atoms. The van der Waals surface area contributed by atoms with E-state index >= 15 is 0 Å². The quantitative estimate of drug-likeness (QED) is 0.631. The molecule has 1 heterocycles. The van der Waals surface area contributed by atoms with Crippen molar-refractivity contribution in [3.05, 3.63) is 101 Å². The van der Waals surface area contributed by atoms with Crippen molar-refractivity contribution in [3.8, 4) is 5.75 Å². The smallest absolute Gasteiger partial charge is 0.261 e. The van der Waals surface area contributed by atoms with Crippen LogP contribution in [0.3, 0.4) is 0 Å². The summed E-state index contributed by atoms with van der Waals surface area (Å²) in [5, 5.41) is 10.4. The number of imide groups is 1. The van der Waals surface area contributed by atoms with Crippen LogP contribution in [-0.2, 0) is 13.0 Å². The van der Waals surface area contributed by atoms with E-state index in [2.05, 4.69) is 0 Å². The molecule has 146 valence electrons. The Morgan fingerprint density at radius 2 is 1.34 bits per heavy atom. The van der Waals surface area contributed by atoms with Crippen molar-refractivity contribution in [2.75, 3.05) is 6.54 Å². The average Bonchev–Trinajstić information content (AvgIpc) is 2.99. The third kappa shape index (κ3) is 4.20. The van der Waals surface area contributed by atoms with Crippen LogP contribution in [0.4, 0.5) is 0 Å². The van der Waals surface area contributed by atoms with Crippen LogP contribution in [0.5, 0.6) is 5.75 Å². The second kappa shape index (κ2) is 8.29. The lowest BCUT2D eigenvalue weighted by atomic mass is 10.1. The molecule has 1 aliphatic rings. The van der Waals surface area contributed by atoms with E-state index in [1.165, 1.54) is 0 Å². The van der Waals surface area contributed by atoms with Crippen LogP contribution < -0.4 is 4.74 Å². The van der Waals surface area contributed by atoms with Gasteiger partial charge in [-0.15, -0.1) is 0 Å². The Labute approximate surface area is 169 Å². The number of aliphatic hydroxyl groups is 1. The first kappa shape index (κ1) is 18.9. The number of carbonyl (C=O) groups excluding carboxylic acids is 2. The van der Waals surface area contributed by atoms with Crippen LogP contribution in [-0.4, -0.2) is 34.5 Å². The summed E-state index contributed by atoms with van der Waals surface area (Å²) >= 11 is 0. The van der Waals surface area contributed by atoms with E-state index in [9.17, 15) is 14.7 Å². The van der Waals surface area contributed by atoms with E-state index in [-0.39, 0.29) is 18.4 Å². The summed E-state index contributed by atoms with van der Waals surface area (Å²) < 4.78 is 5.76. The first-order valence-corrected chi connectivity index (χ1v) is 9.51. The van der Waals surface area contributed by atoms with Crippen LogP contribution in [0.25, 0.3) is 0 Å². The molecule has 5 heteroatoms. The highest BCUT2D eigenvalue weighted by Gasteiger charge is 2.35. The number of nitrogens with zero attached hydrogens (tertiary/aromatic N) is 1. The van der Waals surface area contributed by atoms with E-state index in [4.69, 9.17) is 4.74 Å². The van der Waals surface area contributed by atoms with Gasteiger partial charge in [0.25, 0.3) is 11.8 Å². The van der Waals surface area contributed by atoms with E-state index in [0.29, 0.717) is 24.2 Å². The Morgan fingerprint density at radius 3 is 1.97 bits per heavy atom. The van der Waals surface area contributed by atoms with Crippen molar-refractivity contribution in [2.24, 2.45) is 0 Å². The number of rotatable bonds is 7. The molecule has 3 aromatic carbocycles. The molecule has 1 atom stereocenters. The summed E-state index contributed by atoms with van der Waals surface area (Å²) in [6, 6.07) is 24.1. The number of hydrogen-bond acceptors (Lipinski definition) is 4. The van der Waals surface area contributed by atoms with Gasteiger partial charge in [0.15, 0.2) is 0 Å². The van der Waals surface area contributed by atoms with Crippen molar-refractivity contribution in [2.45, 2.75) is 19.1 Å². The van der Waals surface area contributed by atoms with Crippen LogP contribution >= 0.6 is 0 Å². The SMILES string of the molecule is O=C1c2ccccc2C(=O)N1CC(O)Cc1ccc(OCc2ccccc2)cc1. The van der Waals surface area contributed by atoms with Gasteiger partial charge in [-0.05, 0) is 35.4 Å². The summed E-state index contributed by atoms with van der Waals surface area (Å²) in [6.45, 7) is 0.459. The Hall–Kier alpha value is -3.44. The van der Waals surface area contributed by atoms with Gasteiger partial charge in [0.05, 0.1) is 23.8 Å². The lowest BCUT2D eigenvalue weighted by Crippen LogP contribution is -2.37. The third-order valence-corrected chi connectivity index (χ3v) is 4.91. The van der Waals surface area contributed by atoms with Crippen molar-refractivity contribution >= 4 is 11.8 Å². The fourth-order valence-electron chi connectivity index (χ4n) is 3.41. The lowest BCUT2D eigenvalue weighted by molar-refractivity contribution is 0.0544. The molecule has 0 spiro atoms. The molecule has 4 rings (SSSR count). The number of β-amino-alcohol motifs (C(OH)–C–C–N with tert-alkyl or cyclic N) is 1. The maximum absolute atomic E-state index is 12.4. The molecule has 3 aromatic rings. The zero-order valence-electron chi connectivity index (χ0n) is 15.8. The van der Waals surface area contributed by atoms with E-state index in [0.717, 1.165) is 21.8 Å². The van der Waals surface area contributed by atoms with Crippen LogP contribution in [0.1, 0.15) is 31.8 Å². The van der Waals surface area contributed by atoms with Gasteiger partial charge in [-0.2, -0.15) is 0 Å². The summed E-state index contributed by atoms with van der Waals surface area (Å²) in [7, 11) is 0. The van der Waals surface area contributed by atoms with Crippen LogP contribution in [0.2, 0.25) is 0 Å². The molecule has 1 unspecified atom stereocenters. The van der Waals surface area contributed by atoms with Gasteiger partial charge in [-0.1, -0.05) is 54.6 Å². The number of amides is 2. The minimum absolute atomic E-state index is 0.0292. The number of carbonyl (C=O) groups is 2. The Bertz CT molecular complexity index is 980. The van der Waals surface area contributed by atoms with Gasteiger partial charge in [-0.25, -0.2) is 0 Å². The van der Waals surface area contributed by atoms with Crippen molar-refractivity contribution in [1.82, 2.24) is 4.90 Å². The summed E-state index contributed by atoms with van der Waals surface area (Å²) in [5.41, 5.74) is 2.78. The highest BCUT2D eigenvalue weighted by atomic mass is 16.5. The number of hydrogen-bond donors (Lipinski definition) is 1. The second-order valence-corrected chi connectivity index (χ2v) is 7.04.